The zero-order valence-corrected chi connectivity index (χ0v) is 11.6. The molecule has 1 amide bonds. The predicted octanol–water partition coefficient (Wildman–Crippen LogP) is 2.51. The fraction of sp³-hybridized carbons (Fsp3) is 0.643. The first-order chi connectivity index (χ1) is 8.32. The first-order valence-electron chi connectivity index (χ1n) is 6.36. The SMILES string of the molecule is Cc1occc1C(=O)NCC(C)(O)CCC(C)C. The molecule has 2 N–H and O–H groups in total. The summed E-state index contributed by atoms with van der Waals surface area (Å²) in [6, 6.07) is 1.63. The molecule has 0 fully saturated rings. The Hall–Kier alpha value is -1.29. The van der Waals surface area contributed by atoms with Gasteiger partial charge in [0.2, 0.25) is 0 Å². The Morgan fingerprint density at radius 2 is 2.22 bits per heavy atom. The molecule has 1 aromatic heterocycles. The molecule has 1 rings (SSSR count). The van der Waals surface area contributed by atoms with Crippen molar-refractivity contribution >= 4 is 5.91 Å². The van der Waals surface area contributed by atoms with Crippen molar-refractivity contribution in [3.63, 3.8) is 0 Å². The summed E-state index contributed by atoms with van der Waals surface area (Å²) in [5, 5.41) is 12.9. The Labute approximate surface area is 108 Å². The molecule has 18 heavy (non-hydrogen) atoms. The van der Waals surface area contributed by atoms with Gasteiger partial charge in [0.05, 0.1) is 17.4 Å². The summed E-state index contributed by atoms with van der Waals surface area (Å²) in [6.45, 7) is 7.97. The van der Waals surface area contributed by atoms with E-state index in [9.17, 15) is 9.90 Å². The van der Waals surface area contributed by atoms with E-state index in [0.29, 0.717) is 23.7 Å². The highest BCUT2D eigenvalue weighted by atomic mass is 16.3. The van der Waals surface area contributed by atoms with Crippen molar-refractivity contribution in [3.8, 4) is 0 Å². The molecule has 0 bridgehead atoms. The molecule has 0 aliphatic rings. The topological polar surface area (TPSA) is 62.5 Å². The second-order valence-electron chi connectivity index (χ2n) is 5.50. The first kappa shape index (κ1) is 14.8. The number of carbonyl (C=O) groups excluding carboxylic acids is 1. The molecule has 0 aliphatic heterocycles. The van der Waals surface area contributed by atoms with Gasteiger partial charge >= 0.3 is 0 Å². The average molecular weight is 253 g/mol. The Morgan fingerprint density at radius 3 is 2.72 bits per heavy atom. The molecular formula is C14H23NO3. The lowest BCUT2D eigenvalue weighted by Crippen LogP contribution is -2.40. The monoisotopic (exact) mass is 253 g/mol. The number of nitrogens with one attached hydrogen (secondary N) is 1. The third kappa shape index (κ3) is 4.53. The quantitative estimate of drug-likeness (QED) is 0.818. The molecule has 1 unspecified atom stereocenters. The van der Waals surface area contributed by atoms with E-state index in [4.69, 9.17) is 4.42 Å². The fourth-order valence-corrected chi connectivity index (χ4v) is 1.67. The Kier molecular flexibility index (Phi) is 4.96. The molecule has 1 aromatic rings. The van der Waals surface area contributed by atoms with Crippen LogP contribution in [-0.4, -0.2) is 23.2 Å². The molecule has 0 aromatic carbocycles. The van der Waals surface area contributed by atoms with E-state index in [0.717, 1.165) is 6.42 Å². The molecule has 0 spiro atoms. The lowest BCUT2D eigenvalue weighted by Gasteiger charge is -2.24. The minimum Gasteiger partial charge on any atom is -0.469 e. The van der Waals surface area contributed by atoms with Crippen LogP contribution in [0.3, 0.4) is 0 Å². The van der Waals surface area contributed by atoms with E-state index in [1.54, 1.807) is 19.9 Å². The van der Waals surface area contributed by atoms with Crippen LogP contribution < -0.4 is 5.32 Å². The molecule has 0 saturated carbocycles. The van der Waals surface area contributed by atoms with E-state index in [2.05, 4.69) is 19.2 Å². The smallest absolute Gasteiger partial charge is 0.254 e. The second kappa shape index (κ2) is 6.05. The van der Waals surface area contributed by atoms with E-state index in [-0.39, 0.29) is 12.5 Å². The molecule has 0 radical (unpaired) electrons. The van der Waals surface area contributed by atoms with Gasteiger partial charge in [0.25, 0.3) is 5.91 Å². The number of hydrogen-bond acceptors (Lipinski definition) is 3. The van der Waals surface area contributed by atoms with Crippen LogP contribution in [0, 0.1) is 12.8 Å². The summed E-state index contributed by atoms with van der Waals surface area (Å²) >= 11 is 0. The highest BCUT2D eigenvalue weighted by molar-refractivity contribution is 5.95. The average Bonchev–Trinajstić information content (AvgIpc) is 2.70. The Balaban J connectivity index is 2.45. The molecule has 4 nitrogen and oxygen atoms in total. The highest BCUT2D eigenvalue weighted by Crippen LogP contribution is 2.16. The van der Waals surface area contributed by atoms with Crippen molar-refractivity contribution in [2.75, 3.05) is 6.54 Å². The zero-order valence-electron chi connectivity index (χ0n) is 11.6. The predicted molar refractivity (Wildman–Crippen MR) is 70.5 cm³/mol. The van der Waals surface area contributed by atoms with Gasteiger partial charge in [-0.3, -0.25) is 4.79 Å². The standard InChI is InChI=1S/C14H23NO3/c1-10(2)5-7-14(4,17)9-15-13(16)12-6-8-18-11(12)3/h6,8,10,17H,5,7,9H2,1-4H3,(H,15,16). The summed E-state index contributed by atoms with van der Waals surface area (Å²) in [6.07, 6.45) is 3.10. The van der Waals surface area contributed by atoms with Crippen molar-refractivity contribution in [2.24, 2.45) is 5.92 Å². The van der Waals surface area contributed by atoms with Crippen LogP contribution in [0.15, 0.2) is 16.7 Å². The number of carbonyl (C=O) groups is 1. The van der Waals surface area contributed by atoms with Crippen molar-refractivity contribution < 1.29 is 14.3 Å². The van der Waals surface area contributed by atoms with Crippen molar-refractivity contribution in [2.45, 2.75) is 46.1 Å². The lowest BCUT2D eigenvalue weighted by atomic mass is 9.95. The summed E-state index contributed by atoms with van der Waals surface area (Å²) < 4.78 is 5.07. The maximum Gasteiger partial charge on any atom is 0.254 e. The summed E-state index contributed by atoms with van der Waals surface area (Å²) in [5.74, 6) is 0.934. The van der Waals surface area contributed by atoms with Gasteiger partial charge in [0, 0.05) is 6.54 Å². The van der Waals surface area contributed by atoms with E-state index >= 15 is 0 Å². The molecule has 1 heterocycles. The van der Waals surface area contributed by atoms with Gasteiger partial charge in [-0.2, -0.15) is 0 Å². The lowest BCUT2D eigenvalue weighted by molar-refractivity contribution is 0.0429. The van der Waals surface area contributed by atoms with Gasteiger partial charge in [0.15, 0.2) is 0 Å². The van der Waals surface area contributed by atoms with Crippen LogP contribution in [0.25, 0.3) is 0 Å². The first-order valence-corrected chi connectivity index (χ1v) is 6.36. The van der Waals surface area contributed by atoms with Crippen LogP contribution in [0.5, 0.6) is 0 Å². The third-order valence-corrected chi connectivity index (χ3v) is 2.99. The Morgan fingerprint density at radius 1 is 1.56 bits per heavy atom. The van der Waals surface area contributed by atoms with Gasteiger partial charge in [-0.1, -0.05) is 13.8 Å². The third-order valence-electron chi connectivity index (χ3n) is 2.99. The van der Waals surface area contributed by atoms with E-state index in [1.807, 2.05) is 0 Å². The number of hydrogen-bond donors (Lipinski definition) is 2. The molecular weight excluding hydrogens is 230 g/mol. The molecule has 102 valence electrons. The van der Waals surface area contributed by atoms with E-state index in [1.165, 1.54) is 6.26 Å². The summed E-state index contributed by atoms with van der Waals surface area (Å²) in [4.78, 5) is 11.8. The van der Waals surface area contributed by atoms with Gasteiger partial charge < -0.3 is 14.8 Å². The van der Waals surface area contributed by atoms with Gasteiger partial charge in [-0.25, -0.2) is 0 Å². The number of rotatable bonds is 6. The van der Waals surface area contributed by atoms with Crippen molar-refractivity contribution in [3.05, 3.63) is 23.7 Å². The highest BCUT2D eigenvalue weighted by Gasteiger charge is 2.22. The van der Waals surface area contributed by atoms with Crippen molar-refractivity contribution in [1.82, 2.24) is 5.32 Å². The van der Waals surface area contributed by atoms with Gasteiger partial charge in [0.1, 0.15) is 5.76 Å². The molecule has 1 atom stereocenters. The number of amides is 1. The van der Waals surface area contributed by atoms with Crippen LogP contribution in [0.1, 0.15) is 49.7 Å². The normalized spacial score (nSPS) is 14.6. The summed E-state index contributed by atoms with van der Waals surface area (Å²) in [7, 11) is 0. The van der Waals surface area contributed by atoms with Gasteiger partial charge in [-0.15, -0.1) is 0 Å². The van der Waals surface area contributed by atoms with Crippen LogP contribution in [0.2, 0.25) is 0 Å². The van der Waals surface area contributed by atoms with Crippen LogP contribution in [-0.2, 0) is 0 Å². The summed E-state index contributed by atoms with van der Waals surface area (Å²) in [5.41, 5.74) is -0.341. The fourth-order valence-electron chi connectivity index (χ4n) is 1.67. The molecule has 0 saturated heterocycles. The van der Waals surface area contributed by atoms with E-state index < -0.39 is 5.60 Å². The number of aryl methyl sites for hydroxylation is 1. The maximum atomic E-state index is 11.8. The second-order valence-corrected chi connectivity index (χ2v) is 5.50. The molecule has 4 heteroatoms. The number of aliphatic hydroxyl groups is 1. The number of furan rings is 1. The minimum absolute atomic E-state index is 0.203. The Bertz CT molecular complexity index is 393. The van der Waals surface area contributed by atoms with Crippen LogP contribution >= 0.6 is 0 Å². The largest absolute Gasteiger partial charge is 0.469 e. The zero-order chi connectivity index (χ0) is 13.8. The minimum atomic E-state index is -0.864. The van der Waals surface area contributed by atoms with Crippen molar-refractivity contribution in [1.29, 1.82) is 0 Å². The molecule has 0 aliphatic carbocycles. The van der Waals surface area contributed by atoms with Gasteiger partial charge in [-0.05, 0) is 38.7 Å². The maximum absolute atomic E-state index is 11.8. The van der Waals surface area contributed by atoms with Crippen LogP contribution in [0.4, 0.5) is 0 Å².